The van der Waals surface area contributed by atoms with E-state index in [0.717, 1.165) is 38.8 Å². The van der Waals surface area contributed by atoms with Crippen LogP contribution < -0.4 is 4.74 Å². The summed E-state index contributed by atoms with van der Waals surface area (Å²) in [5.74, 6) is 0.743. The number of methoxy groups -OCH3 is 1. The van der Waals surface area contributed by atoms with Crippen molar-refractivity contribution in [2.75, 3.05) is 13.7 Å². The number of aryl methyl sites for hydroxylation is 1. The van der Waals surface area contributed by atoms with Gasteiger partial charge in [0.25, 0.3) is 0 Å². The number of hydrogen-bond donors (Lipinski definition) is 0. The van der Waals surface area contributed by atoms with Crippen molar-refractivity contribution < 1.29 is 14.3 Å². The molecule has 0 fully saturated rings. The summed E-state index contributed by atoms with van der Waals surface area (Å²) in [5.41, 5.74) is 5.54. The predicted molar refractivity (Wildman–Crippen MR) is 137 cm³/mol. The first-order valence-corrected chi connectivity index (χ1v) is 11.5. The van der Waals surface area contributed by atoms with Gasteiger partial charge in [-0.05, 0) is 74.0 Å². The van der Waals surface area contributed by atoms with Crippen LogP contribution in [0.2, 0.25) is 0 Å². The summed E-state index contributed by atoms with van der Waals surface area (Å²) in [7, 11) is 1.65. The lowest BCUT2D eigenvalue weighted by Crippen LogP contribution is -2.18. The number of ether oxygens (including phenoxy) is 2. The Bertz CT molecular complexity index is 1480. The lowest BCUT2D eigenvalue weighted by Gasteiger charge is -2.15. The molecule has 34 heavy (non-hydrogen) atoms. The number of para-hydroxylation sites is 2. The zero-order valence-electron chi connectivity index (χ0n) is 19.6. The van der Waals surface area contributed by atoms with Gasteiger partial charge in [0, 0.05) is 34.7 Å². The van der Waals surface area contributed by atoms with Gasteiger partial charge >= 0.3 is 0 Å². The zero-order valence-corrected chi connectivity index (χ0v) is 19.6. The van der Waals surface area contributed by atoms with E-state index < -0.39 is 0 Å². The van der Waals surface area contributed by atoms with Crippen molar-refractivity contribution in [1.82, 2.24) is 4.57 Å². The van der Waals surface area contributed by atoms with Gasteiger partial charge in [0.2, 0.25) is 0 Å². The molecular formula is C30H27NO3. The van der Waals surface area contributed by atoms with E-state index in [2.05, 4.69) is 34.9 Å². The molecule has 5 rings (SSSR count). The Kier molecular flexibility index (Phi) is 5.91. The zero-order chi connectivity index (χ0) is 23.7. The van der Waals surface area contributed by atoms with Crippen LogP contribution in [-0.2, 0) is 4.74 Å². The van der Waals surface area contributed by atoms with Crippen LogP contribution in [0.15, 0.2) is 91.0 Å². The van der Waals surface area contributed by atoms with Gasteiger partial charge in [0.05, 0.1) is 17.6 Å². The number of fused-ring (bicyclic) bond motifs is 3. The molecule has 0 saturated carbocycles. The molecule has 0 radical (unpaired) electrons. The van der Waals surface area contributed by atoms with E-state index in [4.69, 9.17) is 9.47 Å². The third-order valence-corrected chi connectivity index (χ3v) is 6.13. The van der Waals surface area contributed by atoms with Crippen LogP contribution >= 0.6 is 0 Å². The van der Waals surface area contributed by atoms with Gasteiger partial charge in [-0.1, -0.05) is 36.4 Å². The van der Waals surface area contributed by atoms with Gasteiger partial charge in [-0.25, -0.2) is 0 Å². The van der Waals surface area contributed by atoms with Crippen LogP contribution in [0, 0.1) is 6.92 Å². The van der Waals surface area contributed by atoms with Crippen molar-refractivity contribution in [3.05, 3.63) is 108 Å². The summed E-state index contributed by atoms with van der Waals surface area (Å²) < 4.78 is 13.3. The highest BCUT2D eigenvalue weighted by atomic mass is 16.5. The lowest BCUT2D eigenvalue weighted by molar-refractivity contribution is 0.0920. The van der Waals surface area contributed by atoms with Crippen LogP contribution in [0.3, 0.4) is 0 Å². The number of hydrogen-bond acceptors (Lipinski definition) is 3. The highest BCUT2D eigenvalue weighted by Crippen LogP contribution is 2.33. The van der Waals surface area contributed by atoms with E-state index >= 15 is 0 Å². The minimum absolute atomic E-state index is 0.00688. The van der Waals surface area contributed by atoms with Crippen molar-refractivity contribution in [3.63, 3.8) is 0 Å². The Balaban J connectivity index is 1.55. The molecule has 0 aliphatic rings. The second kappa shape index (κ2) is 9.16. The summed E-state index contributed by atoms with van der Waals surface area (Å²) in [5, 5.41) is 2.19. The lowest BCUT2D eigenvalue weighted by atomic mass is 9.97. The van der Waals surface area contributed by atoms with E-state index in [-0.39, 0.29) is 11.9 Å². The van der Waals surface area contributed by atoms with Gasteiger partial charge in [-0.15, -0.1) is 0 Å². The topological polar surface area (TPSA) is 40.5 Å². The van der Waals surface area contributed by atoms with E-state index in [9.17, 15) is 4.79 Å². The number of benzene rings is 4. The van der Waals surface area contributed by atoms with Crippen LogP contribution in [0.4, 0.5) is 0 Å². The Morgan fingerprint density at radius 1 is 0.853 bits per heavy atom. The summed E-state index contributed by atoms with van der Waals surface area (Å²) in [6.07, 6.45) is -0.0599. The molecule has 4 nitrogen and oxygen atoms in total. The summed E-state index contributed by atoms with van der Waals surface area (Å²) in [6, 6.07) is 30.2. The smallest absolute Gasteiger partial charge is 0.193 e. The number of ketones is 1. The fraction of sp³-hybridized carbons (Fsp3) is 0.167. The molecule has 4 heteroatoms. The molecule has 0 saturated heterocycles. The number of nitrogens with zero attached hydrogens (tertiary/aromatic N) is 1. The minimum Gasteiger partial charge on any atom is -0.488 e. The maximum absolute atomic E-state index is 13.5. The molecule has 0 N–H and O–H groups in total. The molecule has 1 atom stereocenters. The van der Waals surface area contributed by atoms with Crippen molar-refractivity contribution in [1.29, 1.82) is 0 Å². The van der Waals surface area contributed by atoms with Crippen LogP contribution in [0.1, 0.15) is 28.4 Å². The summed E-state index contributed by atoms with van der Waals surface area (Å²) in [6.45, 7) is 4.41. The average Bonchev–Trinajstić information content (AvgIpc) is 3.18. The van der Waals surface area contributed by atoms with Crippen LogP contribution in [0.25, 0.3) is 27.5 Å². The van der Waals surface area contributed by atoms with Crippen LogP contribution in [-0.4, -0.2) is 30.2 Å². The number of carbonyl (C=O) groups is 1. The Labute approximate surface area is 199 Å². The van der Waals surface area contributed by atoms with Crippen LogP contribution in [0.5, 0.6) is 5.75 Å². The maximum atomic E-state index is 13.5. The number of aromatic nitrogens is 1. The van der Waals surface area contributed by atoms with Crippen molar-refractivity contribution in [2.45, 2.75) is 20.0 Å². The van der Waals surface area contributed by atoms with Crippen molar-refractivity contribution in [2.24, 2.45) is 0 Å². The molecule has 1 heterocycles. The minimum atomic E-state index is -0.0599. The molecule has 0 amide bonds. The third kappa shape index (κ3) is 3.97. The van der Waals surface area contributed by atoms with Gasteiger partial charge in [0.1, 0.15) is 11.9 Å². The van der Waals surface area contributed by atoms with E-state index in [1.54, 1.807) is 7.11 Å². The molecule has 4 aromatic carbocycles. The van der Waals surface area contributed by atoms with E-state index in [1.165, 1.54) is 0 Å². The van der Waals surface area contributed by atoms with Crippen molar-refractivity contribution >= 4 is 27.6 Å². The first-order chi connectivity index (χ1) is 16.6. The number of rotatable bonds is 7. The molecule has 0 spiro atoms. The summed E-state index contributed by atoms with van der Waals surface area (Å²) >= 11 is 0. The number of carbonyl (C=O) groups excluding carboxylic acids is 1. The van der Waals surface area contributed by atoms with Crippen molar-refractivity contribution in [3.8, 4) is 11.4 Å². The standard InChI is InChI=1S/C30H27NO3/c1-20-17-24(34-21(2)19-33-3)14-15-25(20)30(32)22-13-16-29-27(18-22)26-11-7-8-12-28(26)31(29)23-9-5-4-6-10-23/h4-18,21H,19H2,1-3H3. The molecule has 1 aromatic heterocycles. The Morgan fingerprint density at radius 2 is 1.59 bits per heavy atom. The SMILES string of the molecule is COCC(C)Oc1ccc(C(=O)c2ccc3c(c2)c2ccccc2n3-c2ccccc2)c(C)c1. The van der Waals surface area contributed by atoms with Gasteiger partial charge in [-0.2, -0.15) is 0 Å². The summed E-state index contributed by atoms with van der Waals surface area (Å²) in [4.78, 5) is 13.5. The molecule has 0 aliphatic carbocycles. The molecule has 0 aliphatic heterocycles. The highest BCUT2D eigenvalue weighted by Gasteiger charge is 2.17. The van der Waals surface area contributed by atoms with Gasteiger partial charge in [0.15, 0.2) is 5.78 Å². The molecule has 5 aromatic rings. The molecular weight excluding hydrogens is 422 g/mol. The molecule has 0 bridgehead atoms. The second-order valence-corrected chi connectivity index (χ2v) is 8.61. The van der Waals surface area contributed by atoms with E-state index in [1.807, 2.05) is 74.5 Å². The molecule has 170 valence electrons. The maximum Gasteiger partial charge on any atom is 0.193 e. The highest BCUT2D eigenvalue weighted by molar-refractivity contribution is 6.15. The first-order valence-electron chi connectivity index (χ1n) is 11.5. The molecule has 1 unspecified atom stereocenters. The second-order valence-electron chi connectivity index (χ2n) is 8.61. The fourth-order valence-corrected chi connectivity index (χ4v) is 4.59. The Hall–Kier alpha value is -3.89. The Morgan fingerprint density at radius 3 is 2.35 bits per heavy atom. The van der Waals surface area contributed by atoms with Gasteiger partial charge < -0.3 is 14.0 Å². The predicted octanol–water partition coefficient (Wildman–Crippen LogP) is 6.74. The fourth-order valence-electron chi connectivity index (χ4n) is 4.59. The van der Waals surface area contributed by atoms with Gasteiger partial charge in [-0.3, -0.25) is 4.79 Å². The largest absolute Gasteiger partial charge is 0.488 e. The first kappa shape index (κ1) is 21.9. The third-order valence-electron chi connectivity index (χ3n) is 6.13. The average molecular weight is 450 g/mol. The normalized spacial score (nSPS) is 12.2. The van der Waals surface area contributed by atoms with E-state index in [0.29, 0.717) is 17.7 Å². The quantitative estimate of drug-likeness (QED) is 0.258. The monoisotopic (exact) mass is 449 g/mol.